The molecule has 1 N–H and O–H groups in total. The minimum atomic E-state index is -0.667. The van der Waals surface area contributed by atoms with Crippen LogP contribution in [0.5, 0.6) is 0 Å². The molecule has 0 aromatic carbocycles. The maximum Gasteiger partial charge on any atom is 0.307 e. The van der Waals surface area contributed by atoms with E-state index in [0.29, 0.717) is 18.5 Å². The predicted octanol–water partition coefficient (Wildman–Crippen LogP) is 3.78. The Morgan fingerprint density at radius 3 is 2.05 bits per heavy atom. The Hall–Kier alpha value is -0.570. The van der Waals surface area contributed by atoms with Crippen molar-refractivity contribution >= 4 is 5.97 Å². The number of carbonyl (C=O) groups is 1. The van der Waals surface area contributed by atoms with Gasteiger partial charge in [-0.15, -0.1) is 0 Å². The number of hydrogen-bond donors (Lipinski definition) is 1. The van der Waals surface area contributed by atoms with Crippen LogP contribution in [0.4, 0.5) is 0 Å². The van der Waals surface area contributed by atoms with E-state index in [1.165, 1.54) is 44.9 Å². The lowest BCUT2D eigenvalue weighted by molar-refractivity contribution is -0.142. The zero-order valence-electron chi connectivity index (χ0n) is 12.9. The van der Waals surface area contributed by atoms with Crippen molar-refractivity contribution in [3.63, 3.8) is 0 Å². The number of rotatable bonds is 6. The molecule has 3 nitrogen and oxygen atoms in total. The second-order valence-corrected chi connectivity index (χ2v) is 6.59. The molecule has 1 atom stereocenters. The van der Waals surface area contributed by atoms with Crippen molar-refractivity contribution in [1.82, 2.24) is 4.90 Å². The molecule has 0 aliphatic heterocycles. The molecule has 1 fully saturated rings. The first-order valence-electron chi connectivity index (χ1n) is 7.97. The van der Waals surface area contributed by atoms with Gasteiger partial charge in [0.05, 0.1) is 5.92 Å². The average molecular weight is 269 g/mol. The molecular formula is C16H31NO2. The van der Waals surface area contributed by atoms with Gasteiger partial charge >= 0.3 is 5.97 Å². The largest absolute Gasteiger partial charge is 0.481 e. The SMILES string of the molecule is CC(C)CN(CC(C)C(=O)O)C1CCCCCCC1. The summed E-state index contributed by atoms with van der Waals surface area (Å²) in [7, 11) is 0. The van der Waals surface area contributed by atoms with E-state index in [9.17, 15) is 4.79 Å². The molecular weight excluding hydrogens is 238 g/mol. The van der Waals surface area contributed by atoms with Gasteiger partial charge in [-0.2, -0.15) is 0 Å². The van der Waals surface area contributed by atoms with Crippen molar-refractivity contribution in [2.45, 2.75) is 71.8 Å². The lowest BCUT2D eigenvalue weighted by Gasteiger charge is -2.35. The first-order chi connectivity index (χ1) is 9.00. The second-order valence-electron chi connectivity index (χ2n) is 6.59. The highest BCUT2D eigenvalue weighted by atomic mass is 16.4. The number of aliphatic carboxylic acids is 1. The fourth-order valence-corrected chi connectivity index (χ4v) is 3.07. The highest BCUT2D eigenvalue weighted by Crippen LogP contribution is 2.23. The molecule has 1 aliphatic carbocycles. The monoisotopic (exact) mass is 269 g/mol. The molecule has 0 radical (unpaired) electrons. The van der Waals surface area contributed by atoms with Gasteiger partial charge < -0.3 is 5.11 Å². The summed E-state index contributed by atoms with van der Waals surface area (Å²) < 4.78 is 0. The molecule has 0 heterocycles. The van der Waals surface area contributed by atoms with Crippen LogP contribution < -0.4 is 0 Å². The highest BCUT2D eigenvalue weighted by molar-refractivity contribution is 5.69. The van der Waals surface area contributed by atoms with Crippen LogP contribution in [-0.4, -0.2) is 35.1 Å². The van der Waals surface area contributed by atoms with Gasteiger partial charge in [0, 0.05) is 19.1 Å². The molecule has 1 saturated carbocycles. The van der Waals surface area contributed by atoms with Crippen molar-refractivity contribution < 1.29 is 9.90 Å². The minimum Gasteiger partial charge on any atom is -0.481 e. The van der Waals surface area contributed by atoms with Crippen molar-refractivity contribution in [2.75, 3.05) is 13.1 Å². The van der Waals surface area contributed by atoms with Gasteiger partial charge in [0.2, 0.25) is 0 Å². The Bertz CT molecular complexity index is 257. The summed E-state index contributed by atoms with van der Waals surface area (Å²) >= 11 is 0. The molecule has 112 valence electrons. The molecule has 0 saturated heterocycles. The van der Waals surface area contributed by atoms with E-state index >= 15 is 0 Å². The van der Waals surface area contributed by atoms with Crippen LogP contribution in [0.15, 0.2) is 0 Å². The maximum absolute atomic E-state index is 11.1. The molecule has 0 amide bonds. The van der Waals surface area contributed by atoms with Gasteiger partial charge in [-0.1, -0.05) is 52.9 Å². The van der Waals surface area contributed by atoms with Gasteiger partial charge in [0.15, 0.2) is 0 Å². The summed E-state index contributed by atoms with van der Waals surface area (Å²) in [5, 5.41) is 9.14. The summed E-state index contributed by atoms with van der Waals surface area (Å²) in [6, 6.07) is 0.601. The third-order valence-electron chi connectivity index (χ3n) is 4.12. The zero-order valence-corrected chi connectivity index (χ0v) is 12.9. The molecule has 1 unspecified atom stereocenters. The molecule has 1 aliphatic rings. The van der Waals surface area contributed by atoms with Crippen LogP contribution in [-0.2, 0) is 4.79 Å². The normalized spacial score (nSPS) is 20.3. The smallest absolute Gasteiger partial charge is 0.307 e. The molecule has 0 bridgehead atoms. The molecule has 0 aromatic heterocycles. The van der Waals surface area contributed by atoms with E-state index in [0.717, 1.165) is 6.54 Å². The number of carboxylic acids is 1. The third kappa shape index (κ3) is 6.42. The van der Waals surface area contributed by atoms with Gasteiger partial charge in [0.1, 0.15) is 0 Å². The summed E-state index contributed by atoms with van der Waals surface area (Å²) in [6.07, 6.45) is 9.18. The van der Waals surface area contributed by atoms with Crippen LogP contribution in [0.2, 0.25) is 0 Å². The van der Waals surface area contributed by atoms with Crippen molar-refractivity contribution in [1.29, 1.82) is 0 Å². The van der Waals surface area contributed by atoms with Crippen molar-refractivity contribution in [2.24, 2.45) is 11.8 Å². The Kier molecular flexibility index (Phi) is 7.44. The quantitative estimate of drug-likeness (QED) is 0.797. The Labute approximate surface area is 118 Å². The first-order valence-corrected chi connectivity index (χ1v) is 7.97. The van der Waals surface area contributed by atoms with Gasteiger partial charge in [0.25, 0.3) is 0 Å². The molecule has 0 aromatic rings. The number of hydrogen-bond acceptors (Lipinski definition) is 2. The Balaban J connectivity index is 2.61. The van der Waals surface area contributed by atoms with Gasteiger partial charge in [-0.05, 0) is 18.8 Å². The van der Waals surface area contributed by atoms with Crippen LogP contribution >= 0.6 is 0 Å². The van der Waals surface area contributed by atoms with E-state index in [2.05, 4.69) is 18.7 Å². The van der Waals surface area contributed by atoms with Crippen molar-refractivity contribution in [3.05, 3.63) is 0 Å². The van der Waals surface area contributed by atoms with E-state index in [1.807, 2.05) is 6.92 Å². The fourth-order valence-electron chi connectivity index (χ4n) is 3.07. The summed E-state index contributed by atoms with van der Waals surface area (Å²) in [6.45, 7) is 8.02. The van der Waals surface area contributed by atoms with Crippen LogP contribution in [0.25, 0.3) is 0 Å². The van der Waals surface area contributed by atoms with E-state index in [4.69, 9.17) is 5.11 Å². The topological polar surface area (TPSA) is 40.5 Å². The first kappa shape index (κ1) is 16.5. The molecule has 0 spiro atoms. The standard InChI is InChI=1S/C16H31NO2/c1-13(2)11-17(12-14(3)16(18)19)15-9-7-5-4-6-8-10-15/h13-15H,4-12H2,1-3H3,(H,18,19). The zero-order chi connectivity index (χ0) is 14.3. The lowest BCUT2D eigenvalue weighted by Crippen LogP contribution is -2.42. The molecule has 3 heteroatoms. The number of nitrogens with zero attached hydrogens (tertiary/aromatic N) is 1. The molecule has 1 rings (SSSR count). The number of carboxylic acid groups (broad SMARTS) is 1. The van der Waals surface area contributed by atoms with Crippen LogP contribution in [0.1, 0.15) is 65.7 Å². The Morgan fingerprint density at radius 2 is 1.58 bits per heavy atom. The third-order valence-corrected chi connectivity index (χ3v) is 4.12. The van der Waals surface area contributed by atoms with Crippen LogP contribution in [0.3, 0.4) is 0 Å². The van der Waals surface area contributed by atoms with Gasteiger partial charge in [-0.25, -0.2) is 0 Å². The molecule has 19 heavy (non-hydrogen) atoms. The Morgan fingerprint density at radius 1 is 1.05 bits per heavy atom. The van der Waals surface area contributed by atoms with E-state index < -0.39 is 5.97 Å². The predicted molar refractivity (Wildman–Crippen MR) is 79.3 cm³/mol. The summed E-state index contributed by atoms with van der Waals surface area (Å²) in [4.78, 5) is 13.6. The van der Waals surface area contributed by atoms with E-state index in [1.54, 1.807) is 0 Å². The van der Waals surface area contributed by atoms with Crippen LogP contribution in [0, 0.1) is 11.8 Å². The highest BCUT2D eigenvalue weighted by Gasteiger charge is 2.24. The second kappa shape index (κ2) is 8.57. The van der Waals surface area contributed by atoms with E-state index in [-0.39, 0.29) is 5.92 Å². The lowest BCUT2D eigenvalue weighted by atomic mass is 9.94. The maximum atomic E-state index is 11.1. The van der Waals surface area contributed by atoms with Gasteiger partial charge in [-0.3, -0.25) is 9.69 Å². The average Bonchev–Trinajstić information content (AvgIpc) is 2.26. The minimum absolute atomic E-state index is 0.260. The fraction of sp³-hybridized carbons (Fsp3) is 0.938. The summed E-state index contributed by atoms with van der Waals surface area (Å²) in [5.74, 6) is -0.324. The van der Waals surface area contributed by atoms with Crippen molar-refractivity contribution in [3.8, 4) is 0 Å². The summed E-state index contributed by atoms with van der Waals surface area (Å²) in [5.41, 5.74) is 0.